The second-order valence-electron chi connectivity index (χ2n) is 4.67. The maximum absolute atomic E-state index is 13.4. The zero-order valence-electron chi connectivity index (χ0n) is 11.4. The highest BCUT2D eigenvalue weighted by molar-refractivity contribution is 5.38. The molecule has 6 heteroatoms. The zero-order valence-corrected chi connectivity index (χ0v) is 11.4. The Morgan fingerprint density at radius 1 is 1.24 bits per heavy atom. The summed E-state index contributed by atoms with van der Waals surface area (Å²) in [6.07, 6.45) is -1.06. The number of halogens is 4. The molecule has 1 unspecified atom stereocenters. The van der Waals surface area contributed by atoms with Gasteiger partial charge in [0, 0.05) is 5.56 Å². The predicted molar refractivity (Wildman–Crippen MR) is 70.2 cm³/mol. The van der Waals surface area contributed by atoms with Crippen LogP contribution in [0, 0.1) is 5.82 Å². The Labute approximate surface area is 119 Å². The van der Waals surface area contributed by atoms with Crippen molar-refractivity contribution in [3.8, 4) is 0 Å². The van der Waals surface area contributed by atoms with Crippen LogP contribution >= 0.6 is 0 Å². The Morgan fingerprint density at radius 3 is 2.57 bits per heavy atom. The molecule has 1 heterocycles. The van der Waals surface area contributed by atoms with Crippen molar-refractivity contribution in [2.24, 2.45) is 0 Å². The van der Waals surface area contributed by atoms with Crippen LogP contribution in [0.4, 0.5) is 17.6 Å². The van der Waals surface area contributed by atoms with Crippen molar-refractivity contribution in [1.82, 2.24) is 5.32 Å². The molecule has 1 aromatic carbocycles. The lowest BCUT2D eigenvalue weighted by atomic mass is 9.95. The minimum Gasteiger partial charge on any atom is -0.472 e. The molecule has 0 saturated heterocycles. The molecule has 2 aromatic rings. The predicted octanol–water partition coefficient (Wildman–Crippen LogP) is 4.53. The maximum Gasteiger partial charge on any atom is 0.416 e. The molecule has 114 valence electrons. The van der Waals surface area contributed by atoms with Crippen molar-refractivity contribution in [2.75, 3.05) is 6.54 Å². The quantitative estimate of drug-likeness (QED) is 0.821. The standard InChI is InChI=1S/C15H15F4NO/c1-2-6-20-14(10-5-7-21-9-10)12-8-11(16)3-4-13(12)15(17,18)19/h3-5,7-9,14,20H,2,6H2,1H3. The van der Waals surface area contributed by atoms with E-state index in [2.05, 4.69) is 5.32 Å². The summed E-state index contributed by atoms with van der Waals surface area (Å²) in [6.45, 7) is 2.40. The molecule has 0 amide bonds. The summed E-state index contributed by atoms with van der Waals surface area (Å²) in [7, 11) is 0. The van der Waals surface area contributed by atoms with Gasteiger partial charge in [-0.25, -0.2) is 4.39 Å². The van der Waals surface area contributed by atoms with Gasteiger partial charge in [0.1, 0.15) is 5.82 Å². The van der Waals surface area contributed by atoms with Crippen molar-refractivity contribution in [1.29, 1.82) is 0 Å². The summed E-state index contributed by atoms with van der Waals surface area (Å²) in [4.78, 5) is 0. The SMILES string of the molecule is CCCNC(c1ccoc1)c1cc(F)ccc1C(F)(F)F. The van der Waals surface area contributed by atoms with E-state index >= 15 is 0 Å². The summed E-state index contributed by atoms with van der Waals surface area (Å²) in [5.74, 6) is -0.704. The third-order valence-corrected chi connectivity index (χ3v) is 3.10. The van der Waals surface area contributed by atoms with Gasteiger partial charge in [0.2, 0.25) is 0 Å². The highest BCUT2D eigenvalue weighted by atomic mass is 19.4. The van der Waals surface area contributed by atoms with Gasteiger partial charge in [-0.05, 0) is 42.8 Å². The van der Waals surface area contributed by atoms with E-state index in [1.165, 1.54) is 12.5 Å². The van der Waals surface area contributed by atoms with E-state index < -0.39 is 23.6 Å². The van der Waals surface area contributed by atoms with Gasteiger partial charge in [-0.2, -0.15) is 13.2 Å². The van der Waals surface area contributed by atoms with E-state index in [1.54, 1.807) is 6.07 Å². The average Bonchev–Trinajstić information content (AvgIpc) is 2.92. The Balaban J connectivity index is 2.51. The number of rotatable bonds is 5. The van der Waals surface area contributed by atoms with Crippen LogP contribution in [0.3, 0.4) is 0 Å². The zero-order chi connectivity index (χ0) is 15.5. The number of alkyl halides is 3. The molecule has 0 aliphatic heterocycles. The van der Waals surface area contributed by atoms with Gasteiger partial charge in [0.25, 0.3) is 0 Å². The second-order valence-corrected chi connectivity index (χ2v) is 4.67. The van der Waals surface area contributed by atoms with Gasteiger partial charge in [-0.15, -0.1) is 0 Å². The molecule has 0 bridgehead atoms. The van der Waals surface area contributed by atoms with Crippen molar-refractivity contribution in [3.63, 3.8) is 0 Å². The fourth-order valence-electron chi connectivity index (χ4n) is 2.17. The van der Waals surface area contributed by atoms with Crippen molar-refractivity contribution >= 4 is 0 Å². The van der Waals surface area contributed by atoms with Crippen molar-refractivity contribution in [2.45, 2.75) is 25.6 Å². The lowest BCUT2D eigenvalue weighted by Gasteiger charge is -2.22. The third kappa shape index (κ3) is 3.64. The minimum absolute atomic E-state index is 0.141. The first-order chi connectivity index (χ1) is 9.93. The smallest absolute Gasteiger partial charge is 0.416 e. The molecule has 2 nitrogen and oxygen atoms in total. The van der Waals surface area contributed by atoms with Gasteiger partial charge in [0.05, 0.1) is 24.1 Å². The molecule has 0 saturated carbocycles. The molecule has 2 rings (SSSR count). The summed E-state index contributed by atoms with van der Waals surface area (Å²) < 4.78 is 57.8. The highest BCUT2D eigenvalue weighted by Crippen LogP contribution is 2.37. The first-order valence-corrected chi connectivity index (χ1v) is 6.55. The Kier molecular flexibility index (Phi) is 4.67. The molecule has 1 N–H and O–H groups in total. The number of furan rings is 1. The minimum atomic E-state index is -4.54. The fraction of sp³-hybridized carbons (Fsp3) is 0.333. The molecule has 1 atom stereocenters. The van der Waals surface area contributed by atoms with Gasteiger partial charge in [-0.3, -0.25) is 0 Å². The molecule has 0 spiro atoms. The molecule has 0 radical (unpaired) electrons. The van der Waals surface area contributed by atoms with Crippen LogP contribution in [-0.2, 0) is 6.18 Å². The van der Waals surface area contributed by atoms with Crippen LogP contribution in [0.15, 0.2) is 41.2 Å². The molecule has 0 aliphatic rings. The Hall–Kier alpha value is -1.82. The van der Waals surface area contributed by atoms with E-state index in [1.807, 2.05) is 6.92 Å². The molecular formula is C15H15F4NO. The number of nitrogens with one attached hydrogen (secondary N) is 1. The van der Waals surface area contributed by atoms with Crippen molar-refractivity contribution in [3.05, 3.63) is 59.3 Å². The van der Waals surface area contributed by atoms with Crippen LogP contribution in [0.25, 0.3) is 0 Å². The summed E-state index contributed by atoms with van der Waals surface area (Å²) in [5.41, 5.74) is -0.462. The first kappa shape index (κ1) is 15.6. The topological polar surface area (TPSA) is 25.2 Å². The van der Waals surface area contributed by atoms with E-state index in [-0.39, 0.29) is 5.56 Å². The maximum atomic E-state index is 13.4. The van der Waals surface area contributed by atoms with E-state index in [4.69, 9.17) is 4.42 Å². The largest absolute Gasteiger partial charge is 0.472 e. The second kappa shape index (κ2) is 6.30. The molecule has 0 fully saturated rings. The lowest BCUT2D eigenvalue weighted by Crippen LogP contribution is -2.25. The monoisotopic (exact) mass is 301 g/mol. The molecule has 0 aliphatic carbocycles. The van der Waals surface area contributed by atoms with Gasteiger partial charge in [-0.1, -0.05) is 6.92 Å². The highest BCUT2D eigenvalue weighted by Gasteiger charge is 2.36. The van der Waals surface area contributed by atoms with Gasteiger partial charge < -0.3 is 9.73 Å². The first-order valence-electron chi connectivity index (χ1n) is 6.55. The molecule has 21 heavy (non-hydrogen) atoms. The Morgan fingerprint density at radius 2 is 2.00 bits per heavy atom. The van der Waals surface area contributed by atoms with E-state index in [0.29, 0.717) is 12.1 Å². The van der Waals surface area contributed by atoms with Crippen LogP contribution in [0.5, 0.6) is 0 Å². The van der Waals surface area contributed by atoms with Crippen molar-refractivity contribution < 1.29 is 22.0 Å². The number of benzene rings is 1. The normalized spacial score (nSPS) is 13.4. The number of hydrogen-bond donors (Lipinski definition) is 1. The van der Waals surface area contributed by atoms with Gasteiger partial charge in [0.15, 0.2) is 0 Å². The third-order valence-electron chi connectivity index (χ3n) is 3.10. The summed E-state index contributed by atoms with van der Waals surface area (Å²) in [5, 5.41) is 3.00. The Bertz CT molecular complexity index is 578. The van der Waals surface area contributed by atoms with Crippen LogP contribution in [-0.4, -0.2) is 6.54 Å². The van der Waals surface area contributed by atoms with Crippen LogP contribution < -0.4 is 5.32 Å². The molecular weight excluding hydrogens is 286 g/mol. The van der Waals surface area contributed by atoms with E-state index in [0.717, 1.165) is 24.6 Å². The number of hydrogen-bond acceptors (Lipinski definition) is 2. The average molecular weight is 301 g/mol. The molecule has 1 aromatic heterocycles. The summed E-state index contributed by atoms with van der Waals surface area (Å²) in [6, 6.07) is 3.31. The fourth-order valence-corrected chi connectivity index (χ4v) is 2.17. The van der Waals surface area contributed by atoms with Crippen LogP contribution in [0.1, 0.15) is 36.1 Å². The van der Waals surface area contributed by atoms with Gasteiger partial charge >= 0.3 is 6.18 Å². The van der Waals surface area contributed by atoms with E-state index in [9.17, 15) is 17.6 Å². The summed E-state index contributed by atoms with van der Waals surface area (Å²) >= 11 is 0. The lowest BCUT2D eigenvalue weighted by molar-refractivity contribution is -0.138. The van der Waals surface area contributed by atoms with Crippen LogP contribution in [0.2, 0.25) is 0 Å².